The van der Waals surface area contributed by atoms with Crippen molar-refractivity contribution >= 4 is 50.9 Å². The van der Waals surface area contributed by atoms with E-state index in [2.05, 4.69) is 21.2 Å². The third-order valence-electron chi connectivity index (χ3n) is 3.98. The van der Waals surface area contributed by atoms with Crippen molar-refractivity contribution in [2.75, 3.05) is 13.7 Å². The zero-order valence-corrected chi connectivity index (χ0v) is 17.9. The number of hydrogen-bond acceptors (Lipinski definition) is 3. The van der Waals surface area contributed by atoms with E-state index < -0.39 is 6.04 Å². The van der Waals surface area contributed by atoms with Crippen LogP contribution >= 0.6 is 39.1 Å². The summed E-state index contributed by atoms with van der Waals surface area (Å²) in [5, 5.41) is 3.41. The van der Waals surface area contributed by atoms with Gasteiger partial charge in [0.25, 0.3) is 5.91 Å². The normalized spacial score (nSPS) is 11.6. The number of nitrogens with zero attached hydrogens (tertiary/aromatic N) is 1. The molecular weight excluding hydrogens is 455 g/mol. The first-order valence-corrected chi connectivity index (χ1v) is 9.70. The second-order valence-electron chi connectivity index (χ2n) is 5.75. The largest absolute Gasteiger partial charge is 0.484 e. The van der Waals surface area contributed by atoms with Crippen molar-refractivity contribution in [3.63, 3.8) is 0 Å². The number of hydrogen-bond donors (Lipinski definition) is 1. The molecule has 1 atom stereocenters. The molecule has 0 aromatic heterocycles. The highest BCUT2D eigenvalue weighted by molar-refractivity contribution is 9.10. The van der Waals surface area contributed by atoms with Gasteiger partial charge >= 0.3 is 0 Å². The third kappa shape index (κ3) is 5.86. The average molecular weight is 474 g/mol. The van der Waals surface area contributed by atoms with E-state index in [0.717, 1.165) is 4.47 Å². The maximum absolute atomic E-state index is 12.8. The van der Waals surface area contributed by atoms with Gasteiger partial charge in [0.1, 0.15) is 11.8 Å². The molecular formula is C19H19BrCl2N2O3. The molecule has 0 unspecified atom stereocenters. The molecule has 2 aromatic rings. The topological polar surface area (TPSA) is 58.6 Å². The SMILES string of the molecule is CNC(=O)[C@@H](C)N(Cc1c(Cl)cccc1Cl)C(=O)COc1ccc(Br)cc1. The second kappa shape index (κ2) is 9.97. The Morgan fingerprint density at radius 3 is 2.30 bits per heavy atom. The number of nitrogens with one attached hydrogen (secondary N) is 1. The van der Waals surface area contributed by atoms with Crippen LogP contribution in [0.5, 0.6) is 5.75 Å². The van der Waals surface area contributed by atoms with Gasteiger partial charge in [-0.15, -0.1) is 0 Å². The van der Waals surface area contributed by atoms with Crippen molar-refractivity contribution in [3.05, 3.63) is 62.5 Å². The van der Waals surface area contributed by atoms with Gasteiger partial charge < -0.3 is 15.0 Å². The molecule has 0 heterocycles. The van der Waals surface area contributed by atoms with Gasteiger partial charge in [0.15, 0.2) is 6.61 Å². The lowest BCUT2D eigenvalue weighted by atomic mass is 10.1. The van der Waals surface area contributed by atoms with E-state index >= 15 is 0 Å². The summed E-state index contributed by atoms with van der Waals surface area (Å²) < 4.78 is 6.46. The fourth-order valence-corrected chi connectivity index (χ4v) is 3.19. The Labute approximate surface area is 176 Å². The molecule has 27 heavy (non-hydrogen) atoms. The lowest BCUT2D eigenvalue weighted by Gasteiger charge is -2.29. The fourth-order valence-electron chi connectivity index (χ4n) is 2.40. The molecule has 0 saturated carbocycles. The summed E-state index contributed by atoms with van der Waals surface area (Å²) in [6.07, 6.45) is 0. The molecule has 144 valence electrons. The number of rotatable bonds is 7. The molecule has 8 heteroatoms. The van der Waals surface area contributed by atoms with Crippen LogP contribution in [-0.4, -0.2) is 36.4 Å². The molecule has 0 spiro atoms. The molecule has 0 bridgehead atoms. The highest BCUT2D eigenvalue weighted by atomic mass is 79.9. The van der Waals surface area contributed by atoms with Gasteiger partial charge in [0.2, 0.25) is 5.91 Å². The summed E-state index contributed by atoms with van der Waals surface area (Å²) in [7, 11) is 1.52. The summed E-state index contributed by atoms with van der Waals surface area (Å²) in [4.78, 5) is 26.3. The second-order valence-corrected chi connectivity index (χ2v) is 7.48. The van der Waals surface area contributed by atoms with E-state index in [0.29, 0.717) is 21.4 Å². The van der Waals surface area contributed by atoms with E-state index in [1.165, 1.54) is 11.9 Å². The van der Waals surface area contributed by atoms with Gasteiger partial charge in [-0.25, -0.2) is 0 Å². The van der Waals surface area contributed by atoms with Gasteiger partial charge in [-0.1, -0.05) is 45.2 Å². The number of halogens is 3. The van der Waals surface area contributed by atoms with Crippen molar-refractivity contribution in [2.45, 2.75) is 19.5 Å². The monoisotopic (exact) mass is 472 g/mol. The number of carbonyl (C=O) groups excluding carboxylic acids is 2. The summed E-state index contributed by atoms with van der Waals surface area (Å²) in [5.74, 6) is -0.102. The van der Waals surface area contributed by atoms with Gasteiger partial charge in [0, 0.05) is 33.7 Å². The Hall–Kier alpha value is -1.76. The molecule has 0 aliphatic carbocycles. The van der Waals surface area contributed by atoms with Crippen LogP contribution in [0, 0.1) is 0 Å². The van der Waals surface area contributed by atoms with Crippen LogP contribution in [-0.2, 0) is 16.1 Å². The Morgan fingerprint density at radius 2 is 1.74 bits per heavy atom. The molecule has 2 rings (SSSR count). The number of likely N-dealkylation sites (N-methyl/N-ethyl adjacent to an activating group) is 1. The average Bonchev–Trinajstić information content (AvgIpc) is 2.66. The van der Waals surface area contributed by atoms with Crippen LogP contribution in [0.2, 0.25) is 10.0 Å². The zero-order valence-electron chi connectivity index (χ0n) is 14.8. The minimum absolute atomic E-state index is 0.0929. The molecule has 2 amide bonds. The Morgan fingerprint density at radius 1 is 1.15 bits per heavy atom. The van der Waals surface area contributed by atoms with Crippen LogP contribution in [0.15, 0.2) is 46.9 Å². The van der Waals surface area contributed by atoms with Crippen molar-refractivity contribution in [2.24, 2.45) is 0 Å². The fraction of sp³-hybridized carbons (Fsp3) is 0.263. The first-order chi connectivity index (χ1) is 12.8. The van der Waals surface area contributed by atoms with Crippen LogP contribution in [0.1, 0.15) is 12.5 Å². The van der Waals surface area contributed by atoms with E-state index in [-0.39, 0.29) is 25.0 Å². The molecule has 0 saturated heterocycles. The predicted octanol–water partition coefficient (Wildman–Crippen LogP) is 4.30. The Balaban J connectivity index is 2.19. The number of benzene rings is 2. The van der Waals surface area contributed by atoms with Crippen molar-refractivity contribution in [3.8, 4) is 5.75 Å². The minimum atomic E-state index is -0.719. The summed E-state index contributed by atoms with van der Waals surface area (Å²) in [6.45, 7) is 1.52. The van der Waals surface area contributed by atoms with E-state index in [9.17, 15) is 9.59 Å². The van der Waals surface area contributed by atoms with Gasteiger partial charge in [0.05, 0.1) is 0 Å². The molecule has 0 fully saturated rings. The first kappa shape index (κ1) is 21.5. The number of ether oxygens (including phenoxy) is 1. The first-order valence-electron chi connectivity index (χ1n) is 8.15. The smallest absolute Gasteiger partial charge is 0.261 e. The molecule has 0 aliphatic heterocycles. The molecule has 5 nitrogen and oxygen atoms in total. The van der Waals surface area contributed by atoms with Crippen LogP contribution < -0.4 is 10.1 Å². The summed E-state index contributed by atoms with van der Waals surface area (Å²) in [5.41, 5.74) is 0.577. The molecule has 0 radical (unpaired) electrons. The van der Waals surface area contributed by atoms with E-state index in [4.69, 9.17) is 27.9 Å². The van der Waals surface area contributed by atoms with Crippen molar-refractivity contribution < 1.29 is 14.3 Å². The standard InChI is InChI=1S/C19H19BrCl2N2O3/c1-12(19(26)23-2)24(10-15-16(21)4-3-5-17(15)22)18(25)11-27-14-8-6-13(20)7-9-14/h3-9,12H,10-11H2,1-2H3,(H,23,26)/t12-/m1/s1. The van der Waals surface area contributed by atoms with Crippen molar-refractivity contribution in [1.82, 2.24) is 10.2 Å². The van der Waals surface area contributed by atoms with Crippen LogP contribution in [0.3, 0.4) is 0 Å². The Kier molecular flexibility index (Phi) is 7.95. The van der Waals surface area contributed by atoms with Gasteiger partial charge in [-0.3, -0.25) is 9.59 Å². The van der Waals surface area contributed by atoms with E-state index in [1.807, 2.05) is 12.1 Å². The number of amides is 2. The maximum atomic E-state index is 12.8. The quantitative estimate of drug-likeness (QED) is 0.652. The third-order valence-corrected chi connectivity index (χ3v) is 5.22. The van der Waals surface area contributed by atoms with E-state index in [1.54, 1.807) is 37.3 Å². The minimum Gasteiger partial charge on any atom is -0.484 e. The van der Waals surface area contributed by atoms with Crippen LogP contribution in [0.25, 0.3) is 0 Å². The summed E-state index contributed by atoms with van der Waals surface area (Å²) >= 11 is 15.8. The van der Waals surface area contributed by atoms with Crippen LogP contribution in [0.4, 0.5) is 0 Å². The van der Waals surface area contributed by atoms with Gasteiger partial charge in [-0.2, -0.15) is 0 Å². The Bertz CT molecular complexity index is 795. The highest BCUT2D eigenvalue weighted by Crippen LogP contribution is 2.26. The lowest BCUT2D eigenvalue weighted by Crippen LogP contribution is -2.48. The van der Waals surface area contributed by atoms with Gasteiger partial charge in [-0.05, 0) is 43.3 Å². The molecule has 0 aliphatic rings. The molecule has 1 N–H and O–H groups in total. The zero-order chi connectivity index (χ0) is 20.0. The lowest BCUT2D eigenvalue weighted by molar-refractivity contribution is -0.142. The maximum Gasteiger partial charge on any atom is 0.261 e. The molecule has 2 aromatic carbocycles. The highest BCUT2D eigenvalue weighted by Gasteiger charge is 2.27. The number of carbonyl (C=O) groups is 2. The van der Waals surface area contributed by atoms with Crippen molar-refractivity contribution in [1.29, 1.82) is 0 Å². The predicted molar refractivity (Wildman–Crippen MR) is 110 cm³/mol. The summed E-state index contributed by atoms with van der Waals surface area (Å²) in [6, 6.07) is 11.5.